The first kappa shape index (κ1) is 15.1. The van der Waals surface area contributed by atoms with Crippen LogP contribution in [0.3, 0.4) is 0 Å². The normalized spacial score (nSPS) is 19.9. The zero-order valence-electron chi connectivity index (χ0n) is 13.2. The Morgan fingerprint density at radius 2 is 2.08 bits per heavy atom. The zero-order valence-corrected chi connectivity index (χ0v) is 13.2. The first-order valence-electron chi connectivity index (χ1n) is 7.95. The molecule has 2 aromatic rings. The predicted octanol–water partition coefficient (Wildman–Crippen LogP) is 1.79. The maximum Gasteiger partial charge on any atom is 0.341 e. The fourth-order valence-corrected chi connectivity index (χ4v) is 3.77. The standard InChI is InChI=1S/C17H17FN2O4/c1-9-6-10-14-11(16(21)12(17(22)23)8-20(9)14)7-13(18)15(10)19-2-4-24-5-3-19/h7-9H,2-6H2,1H3,(H,22,23). The molecule has 1 aromatic carbocycles. The molecule has 1 atom stereocenters. The highest BCUT2D eigenvalue weighted by atomic mass is 19.1. The first-order valence-corrected chi connectivity index (χ1v) is 7.95. The summed E-state index contributed by atoms with van der Waals surface area (Å²) in [4.78, 5) is 25.7. The number of hydrogen-bond acceptors (Lipinski definition) is 4. The summed E-state index contributed by atoms with van der Waals surface area (Å²) < 4.78 is 22.0. The molecule has 24 heavy (non-hydrogen) atoms. The molecule has 6 nitrogen and oxygen atoms in total. The number of ether oxygens (including phenoxy) is 1. The third kappa shape index (κ3) is 2.04. The van der Waals surface area contributed by atoms with Crippen LogP contribution in [0.5, 0.6) is 0 Å². The number of carbonyl (C=O) groups is 1. The number of hydrogen-bond donors (Lipinski definition) is 1. The molecule has 3 heterocycles. The average Bonchev–Trinajstić information content (AvgIpc) is 2.87. The highest BCUT2D eigenvalue weighted by Gasteiger charge is 2.31. The number of carboxylic acid groups (broad SMARTS) is 1. The maximum absolute atomic E-state index is 14.8. The quantitative estimate of drug-likeness (QED) is 0.908. The number of nitrogens with zero attached hydrogens (tertiary/aromatic N) is 2. The molecule has 4 rings (SSSR count). The molecule has 126 valence electrons. The van der Waals surface area contributed by atoms with Crippen LogP contribution in [0, 0.1) is 5.82 Å². The zero-order chi connectivity index (χ0) is 17.0. The van der Waals surface area contributed by atoms with Gasteiger partial charge in [0.15, 0.2) is 0 Å². The smallest absolute Gasteiger partial charge is 0.341 e. The van der Waals surface area contributed by atoms with Crippen LogP contribution < -0.4 is 10.3 Å². The molecule has 0 spiro atoms. The highest BCUT2D eigenvalue weighted by Crippen LogP contribution is 2.39. The second-order valence-electron chi connectivity index (χ2n) is 6.32. The van der Waals surface area contributed by atoms with Crippen molar-refractivity contribution in [2.75, 3.05) is 31.2 Å². The van der Waals surface area contributed by atoms with Gasteiger partial charge in [-0.1, -0.05) is 0 Å². The van der Waals surface area contributed by atoms with Gasteiger partial charge in [-0.15, -0.1) is 0 Å². The van der Waals surface area contributed by atoms with E-state index in [-0.39, 0.29) is 17.0 Å². The van der Waals surface area contributed by atoms with E-state index in [4.69, 9.17) is 4.74 Å². The lowest BCUT2D eigenvalue weighted by molar-refractivity contribution is 0.0694. The second kappa shape index (κ2) is 5.31. The van der Waals surface area contributed by atoms with Crippen molar-refractivity contribution < 1.29 is 19.0 Å². The summed E-state index contributed by atoms with van der Waals surface area (Å²) in [5, 5.41) is 9.39. The van der Waals surface area contributed by atoms with Crippen molar-refractivity contribution in [3.8, 4) is 0 Å². The second-order valence-corrected chi connectivity index (χ2v) is 6.32. The summed E-state index contributed by atoms with van der Waals surface area (Å²) in [7, 11) is 0. The van der Waals surface area contributed by atoms with Gasteiger partial charge in [-0.05, 0) is 19.4 Å². The molecule has 2 aliphatic rings. The Bertz CT molecular complexity index is 915. The Morgan fingerprint density at radius 3 is 2.75 bits per heavy atom. The molecule has 1 saturated heterocycles. The van der Waals surface area contributed by atoms with E-state index >= 15 is 0 Å². The average molecular weight is 332 g/mol. The molecule has 1 fully saturated rings. The summed E-state index contributed by atoms with van der Waals surface area (Å²) in [5.41, 5.74) is 1.01. The van der Waals surface area contributed by atoms with Gasteiger partial charge in [0.05, 0.1) is 24.4 Å². The van der Waals surface area contributed by atoms with Crippen molar-refractivity contribution >= 4 is 22.6 Å². The van der Waals surface area contributed by atoms with Gasteiger partial charge >= 0.3 is 5.97 Å². The lowest BCUT2D eigenvalue weighted by Gasteiger charge is -2.30. The lowest BCUT2D eigenvalue weighted by Crippen LogP contribution is -2.37. The van der Waals surface area contributed by atoms with Crippen LogP contribution in [0.25, 0.3) is 10.9 Å². The van der Waals surface area contributed by atoms with Gasteiger partial charge in [0.1, 0.15) is 11.4 Å². The number of halogens is 1. The number of aromatic carboxylic acids is 1. The van der Waals surface area contributed by atoms with E-state index < -0.39 is 17.2 Å². The van der Waals surface area contributed by atoms with E-state index in [0.717, 1.165) is 5.56 Å². The van der Waals surface area contributed by atoms with Crippen LogP contribution in [0.15, 0.2) is 17.1 Å². The summed E-state index contributed by atoms with van der Waals surface area (Å²) in [6, 6.07) is 1.16. The molecular weight excluding hydrogens is 315 g/mol. The Kier molecular flexibility index (Phi) is 3.35. The van der Waals surface area contributed by atoms with Crippen LogP contribution in [0.1, 0.15) is 28.9 Å². The first-order chi connectivity index (χ1) is 11.5. The third-order valence-corrected chi connectivity index (χ3v) is 4.87. The number of morpholine rings is 1. The monoisotopic (exact) mass is 332 g/mol. The molecule has 0 radical (unpaired) electrons. The van der Waals surface area contributed by atoms with Crippen molar-refractivity contribution in [1.82, 2.24) is 4.57 Å². The third-order valence-electron chi connectivity index (χ3n) is 4.87. The Hall–Kier alpha value is -2.41. The minimum atomic E-state index is -1.29. The molecule has 1 N–H and O–H groups in total. The van der Waals surface area contributed by atoms with E-state index in [0.29, 0.717) is 43.9 Å². The van der Waals surface area contributed by atoms with E-state index in [1.165, 1.54) is 12.3 Å². The van der Waals surface area contributed by atoms with Crippen LogP contribution in [0.2, 0.25) is 0 Å². The van der Waals surface area contributed by atoms with Gasteiger partial charge in [-0.3, -0.25) is 4.79 Å². The van der Waals surface area contributed by atoms with Crippen LogP contribution in [0.4, 0.5) is 10.1 Å². The highest BCUT2D eigenvalue weighted by molar-refractivity contribution is 5.96. The van der Waals surface area contributed by atoms with E-state index in [1.807, 2.05) is 11.8 Å². The fourth-order valence-electron chi connectivity index (χ4n) is 3.77. The SMILES string of the molecule is CC1Cc2c(N3CCOCC3)c(F)cc3c(=O)c(C(=O)O)cn1c23. The van der Waals surface area contributed by atoms with Gasteiger partial charge in [0.2, 0.25) is 5.43 Å². The number of anilines is 1. The Balaban J connectivity index is 2.03. The van der Waals surface area contributed by atoms with Gasteiger partial charge in [0.25, 0.3) is 0 Å². The topological polar surface area (TPSA) is 71.8 Å². The molecule has 1 unspecified atom stereocenters. The van der Waals surface area contributed by atoms with E-state index in [9.17, 15) is 19.1 Å². The molecule has 1 aromatic heterocycles. The van der Waals surface area contributed by atoms with Crippen molar-refractivity contribution in [3.63, 3.8) is 0 Å². The number of pyridine rings is 1. The predicted molar refractivity (Wildman–Crippen MR) is 86.6 cm³/mol. The van der Waals surface area contributed by atoms with Crippen LogP contribution >= 0.6 is 0 Å². The molecule has 0 bridgehead atoms. The van der Waals surface area contributed by atoms with Crippen LogP contribution in [-0.2, 0) is 11.2 Å². The number of aromatic nitrogens is 1. The van der Waals surface area contributed by atoms with E-state index in [2.05, 4.69) is 0 Å². The largest absolute Gasteiger partial charge is 0.477 e. The molecule has 0 saturated carbocycles. The Labute approximate surface area is 137 Å². The van der Waals surface area contributed by atoms with E-state index in [1.54, 1.807) is 4.57 Å². The summed E-state index contributed by atoms with van der Waals surface area (Å²) >= 11 is 0. The van der Waals surface area contributed by atoms with Crippen molar-refractivity contribution in [2.24, 2.45) is 0 Å². The van der Waals surface area contributed by atoms with Gasteiger partial charge < -0.3 is 19.3 Å². The molecule has 0 aliphatic carbocycles. The van der Waals surface area contributed by atoms with Crippen molar-refractivity contribution in [1.29, 1.82) is 0 Å². The summed E-state index contributed by atoms with van der Waals surface area (Å²) in [6.45, 7) is 4.22. The van der Waals surface area contributed by atoms with Crippen molar-refractivity contribution in [2.45, 2.75) is 19.4 Å². The number of benzene rings is 1. The van der Waals surface area contributed by atoms with Gasteiger partial charge in [-0.2, -0.15) is 0 Å². The van der Waals surface area contributed by atoms with Gasteiger partial charge in [0, 0.05) is 36.3 Å². The minimum absolute atomic E-state index is 0.0252. The minimum Gasteiger partial charge on any atom is -0.477 e. The number of rotatable bonds is 2. The molecule has 0 amide bonds. The molecular formula is C17H17FN2O4. The van der Waals surface area contributed by atoms with Crippen molar-refractivity contribution in [3.05, 3.63) is 39.4 Å². The molecule has 2 aliphatic heterocycles. The lowest BCUT2D eigenvalue weighted by atomic mass is 10.0. The summed E-state index contributed by atoms with van der Waals surface area (Å²) in [5.74, 6) is -1.76. The van der Waals surface area contributed by atoms with Gasteiger partial charge in [-0.25, -0.2) is 9.18 Å². The fraction of sp³-hybridized carbons (Fsp3) is 0.412. The number of carboxylic acids is 1. The van der Waals surface area contributed by atoms with Crippen LogP contribution in [-0.4, -0.2) is 41.9 Å². The summed E-state index contributed by atoms with van der Waals surface area (Å²) in [6.07, 6.45) is 1.96. The Morgan fingerprint density at radius 1 is 1.38 bits per heavy atom. The maximum atomic E-state index is 14.8. The molecule has 7 heteroatoms.